The quantitative estimate of drug-likeness (QED) is 0.564. The van der Waals surface area contributed by atoms with Crippen LogP contribution in [-0.4, -0.2) is 47.8 Å². The number of benzene rings is 1. The lowest BCUT2D eigenvalue weighted by atomic mass is 10.1. The Balaban J connectivity index is 2.07. The van der Waals surface area contributed by atoms with Gasteiger partial charge in [0.15, 0.2) is 5.69 Å². The van der Waals surface area contributed by atoms with Gasteiger partial charge in [-0.25, -0.2) is 13.2 Å². The van der Waals surface area contributed by atoms with Crippen molar-refractivity contribution in [2.75, 3.05) is 30.3 Å². The Hall–Kier alpha value is -2.92. The Morgan fingerprint density at radius 1 is 1.15 bits per heavy atom. The molecule has 3 rings (SSSR count). The van der Waals surface area contributed by atoms with Crippen LogP contribution in [0.3, 0.4) is 0 Å². The highest BCUT2D eigenvalue weighted by atomic mass is 32.2. The topological polar surface area (TPSA) is 139 Å². The summed E-state index contributed by atoms with van der Waals surface area (Å²) in [5, 5.41) is 0. The van der Waals surface area contributed by atoms with Gasteiger partial charge in [-0.15, -0.1) is 0 Å². The normalized spacial score (nSPS) is 14.5. The average Bonchev–Trinajstić information content (AvgIpc) is 3.34. The predicted octanol–water partition coefficient (Wildman–Crippen LogP) is 1.76. The first kappa shape index (κ1) is 24.7. The van der Waals surface area contributed by atoms with Crippen molar-refractivity contribution in [3.63, 3.8) is 0 Å². The minimum atomic E-state index is -3.71. The van der Waals surface area contributed by atoms with Crippen LogP contribution in [-0.2, 0) is 16.6 Å². The molecule has 0 spiro atoms. The first-order valence-corrected chi connectivity index (χ1v) is 12.7. The molecule has 0 unspecified atom stereocenters. The van der Waals surface area contributed by atoms with Gasteiger partial charge in [0.05, 0.1) is 4.90 Å². The SMILES string of the molecule is CCCCN(C(=O)c1cccc(S(=O)(=O)N2CCCC2)c1)c1c(N)n(CCC)c(=O)[nH]c1=O. The van der Waals surface area contributed by atoms with Crippen LogP contribution in [0, 0.1) is 0 Å². The third-order valence-electron chi connectivity index (χ3n) is 5.70. The second kappa shape index (κ2) is 10.3. The van der Waals surface area contributed by atoms with Crippen LogP contribution >= 0.6 is 0 Å². The zero-order chi connectivity index (χ0) is 24.2. The Labute approximate surface area is 193 Å². The molecule has 1 aromatic heterocycles. The molecule has 0 saturated carbocycles. The third kappa shape index (κ3) is 5.03. The predicted molar refractivity (Wildman–Crippen MR) is 127 cm³/mol. The van der Waals surface area contributed by atoms with E-state index in [9.17, 15) is 22.8 Å². The van der Waals surface area contributed by atoms with Crippen LogP contribution in [0.25, 0.3) is 0 Å². The van der Waals surface area contributed by atoms with Crippen molar-refractivity contribution in [2.24, 2.45) is 0 Å². The molecule has 3 N–H and O–H groups in total. The molecular formula is C22H31N5O5S. The van der Waals surface area contributed by atoms with E-state index in [0.29, 0.717) is 25.9 Å². The summed E-state index contributed by atoms with van der Waals surface area (Å²) in [5.74, 6) is -0.642. The van der Waals surface area contributed by atoms with Crippen LogP contribution in [0.4, 0.5) is 11.5 Å². The van der Waals surface area contributed by atoms with Crippen LogP contribution in [0.15, 0.2) is 38.8 Å². The maximum Gasteiger partial charge on any atom is 0.330 e. The van der Waals surface area contributed by atoms with E-state index in [1.807, 2.05) is 13.8 Å². The molecule has 1 saturated heterocycles. The zero-order valence-corrected chi connectivity index (χ0v) is 19.9. The molecule has 2 aromatic rings. The smallest absolute Gasteiger partial charge is 0.330 e. The highest BCUT2D eigenvalue weighted by Crippen LogP contribution is 2.24. The Morgan fingerprint density at radius 3 is 2.48 bits per heavy atom. The zero-order valence-electron chi connectivity index (χ0n) is 19.0. The number of unbranched alkanes of at least 4 members (excludes halogenated alkanes) is 1. The van der Waals surface area contributed by atoms with E-state index in [2.05, 4.69) is 4.98 Å². The number of carbonyl (C=O) groups excluding carboxylic acids is 1. The van der Waals surface area contributed by atoms with Gasteiger partial charge in [0, 0.05) is 31.7 Å². The number of nitrogens with zero attached hydrogens (tertiary/aromatic N) is 3. The number of nitrogen functional groups attached to an aromatic ring is 1. The number of sulfonamides is 1. The maximum absolute atomic E-state index is 13.5. The average molecular weight is 478 g/mol. The van der Waals surface area contributed by atoms with Gasteiger partial charge >= 0.3 is 5.69 Å². The van der Waals surface area contributed by atoms with E-state index < -0.39 is 27.2 Å². The largest absolute Gasteiger partial charge is 0.383 e. The lowest BCUT2D eigenvalue weighted by molar-refractivity contribution is 0.0986. The molecule has 180 valence electrons. The van der Waals surface area contributed by atoms with E-state index in [-0.39, 0.29) is 35.1 Å². The summed E-state index contributed by atoms with van der Waals surface area (Å²) < 4.78 is 28.6. The molecule has 1 amide bonds. The second-order valence-corrected chi connectivity index (χ2v) is 10.0. The number of carbonyl (C=O) groups is 1. The van der Waals surface area contributed by atoms with Crippen LogP contribution in [0.5, 0.6) is 0 Å². The molecule has 0 aliphatic carbocycles. The first-order valence-electron chi connectivity index (χ1n) is 11.3. The molecule has 10 nitrogen and oxygen atoms in total. The number of hydrogen-bond acceptors (Lipinski definition) is 6. The van der Waals surface area contributed by atoms with Crippen LogP contribution in [0.1, 0.15) is 56.3 Å². The molecule has 2 heterocycles. The van der Waals surface area contributed by atoms with Gasteiger partial charge in [-0.1, -0.05) is 26.3 Å². The molecule has 0 bridgehead atoms. The summed E-state index contributed by atoms with van der Waals surface area (Å²) in [4.78, 5) is 42.0. The van der Waals surface area contributed by atoms with Gasteiger partial charge in [-0.05, 0) is 43.9 Å². The number of rotatable bonds is 9. The van der Waals surface area contributed by atoms with Crippen LogP contribution in [0.2, 0.25) is 0 Å². The Bertz CT molecular complexity index is 1230. The molecule has 0 radical (unpaired) electrons. The molecule has 1 aliphatic heterocycles. The number of amides is 1. The van der Waals surface area contributed by atoms with E-state index in [0.717, 1.165) is 19.3 Å². The van der Waals surface area contributed by atoms with Crippen molar-refractivity contribution in [1.29, 1.82) is 0 Å². The first-order chi connectivity index (χ1) is 15.7. The van der Waals surface area contributed by atoms with Crippen LogP contribution < -0.4 is 21.9 Å². The molecule has 0 atom stereocenters. The number of nitrogens with two attached hydrogens (primary N) is 1. The number of nitrogens with one attached hydrogen (secondary N) is 1. The number of aromatic amines is 1. The van der Waals surface area contributed by atoms with Gasteiger partial charge in [0.25, 0.3) is 11.5 Å². The third-order valence-corrected chi connectivity index (χ3v) is 7.59. The van der Waals surface area contributed by atoms with Crippen molar-refractivity contribution < 1.29 is 13.2 Å². The Morgan fingerprint density at radius 2 is 1.85 bits per heavy atom. The molecule has 33 heavy (non-hydrogen) atoms. The maximum atomic E-state index is 13.5. The van der Waals surface area contributed by atoms with Crippen molar-refractivity contribution >= 4 is 27.4 Å². The van der Waals surface area contributed by atoms with Gasteiger partial charge in [-0.3, -0.25) is 19.1 Å². The molecule has 1 aliphatic rings. The van der Waals surface area contributed by atoms with Crippen molar-refractivity contribution in [3.05, 3.63) is 50.7 Å². The number of aromatic nitrogens is 2. The van der Waals surface area contributed by atoms with Crippen molar-refractivity contribution in [3.8, 4) is 0 Å². The lowest BCUT2D eigenvalue weighted by Gasteiger charge is -2.25. The lowest BCUT2D eigenvalue weighted by Crippen LogP contribution is -2.41. The van der Waals surface area contributed by atoms with E-state index >= 15 is 0 Å². The highest BCUT2D eigenvalue weighted by Gasteiger charge is 2.29. The summed E-state index contributed by atoms with van der Waals surface area (Å²) in [6.45, 7) is 5.19. The summed E-state index contributed by atoms with van der Waals surface area (Å²) in [6, 6.07) is 5.82. The number of H-pyrrole nitrogens is 1. The molecule has 1 fully saturated rings. The summed E-state index contributed by atoms with van der Waals surface area (Å²) in [6.07, 6.45) is 3.55. The number of hydrogen-bond donors (Lipinski definition) is 2. The highest BCUT2D eigenvalue weighted by molar-refractivity contribution is 7.89. The Kier molecular flexibility index (Phi) is 7.75. The van der Waals surface area contributed by atoms with E-state index in [1.165, 1.54) is 38.0 Å². The molecule has 11 heteroatoms. The molecule has 1 aromatic carbocycles. The van der Waals surface area contributed by atoms with Gasteiger partial charge in [0.2, 0.25) is 10.0 Å². The van der Waals surface area contributed by atoms with Crippen molar-refractivity contribution in [2.45, 2.75) is 57.4 Å². The minimum Gasteiger partial charge on any atom is -0.383 e. The fourth-order valence-corrected chi connectivity index (χ4v) is 5.50. The molecular weight excluding hydrogens is 446 g/mol. The second-order valence-electron chi connectivity index (χ2n) is 8.09. The number of anilines is 2. The van der Waals surface area contributed by atoms with Gasteiger partial charge in [0.1, 0.15) is 5.82 Å². The van der Waals surface area contributed by atoms with Crippen molar-refractivity contribution in [1.82, 2.24) is 13.9 Å². The van der Waals surface area contributed by atoms with Gasteiger partial charge in [-0.2, -0.15) is 4.31 Å². The summed E-state index contributed by atoms with van der Waals surface area (Å²) >= 11 is 0. The fraction of sp³-hybridized carbons (Fsp3) is 0.500. The van der Waals surface area contributed by atoms with E-state index in [4.69, 9.17) is 5.73 Å². The van der Waals surface area contributed by atoms with E-state index in [1.54, 1.807) is 0 Å². The van der Waals surface area contributed by atoms with Gasteiger partial charge < -0.3 is 10.6 Å². The standard InChI is InChI=1S/C22H31N5O5S/c1-3-5-14-26(18-19(23)27(11-4-2)22(30)24-20(18)28)21(29)16-9-8-10-17(15-16)33(31,32)25-12-6-7-13-25/h8-10,15H,3-7,11-14,23H2,1-2H3,(H,24,28,30). The fourth-order valence-electron chi connectivity index (χ4n) is 3.94. The monoisotopic (exact) mass is 477 g/mol. The summed E-state index contributed by atoms with van der Waals surface area (Å²) in [7, 11) is -3.71. The summed E-state index contributed by atoms with van der Waals surface area (Å²) in [5.41, 5.74) is 4.82. The minimum absolute atomic E-state index is 0.0310.